The van der Waals surface area contributed by atoms with Crippen molar-refractivity contribution in [3.63, 3.8) is 0 Å². The lowest BCUT2D eigenvalue weighted by molar-refractivity contribution is -0.0517. The highest BCUT2D eigenvalue weighted by molar-refractivity contribution is 6.42. The van der Waals surface area contributed by atoms with E-state index in [0.717, 1.165) is 18.7 Å². The van der Waals surface area contributed by atoms with E-state index in [2.05, 4.69) is 18.3 Å². The Morgan fingerprint density at radius 3 is 3.06 bits per heavy atom. The van der Waals surface area contributed by atoms with E-state index < -0.39 is 0 Å². The molecular weight excluding hydrogens is 245 g/mol. The fraction of sp³-hybridized carbons (Fsp3) is 0.500. The SMILES string of the molecule is CC12CNCC1c1ccc(Cl)c(Cl)c1CO2. The molecule has 1 saturated heterocycles. The zero-order valence-corrected chi connectivity index (χ0v) is 10.5. The van der Waals surface area contributed by atoms with Crippen molar-refractivity contribution in [3.8, 4) is 0 Å². The third-order valence-corrected chi connectivity index (χ3v) is 4.56. The summed E-state index contributed by atoms with van der Waals surface area (Å²) < 4.78 is 5.95. The first kappa shape index (κ1) is 10.8. The molecule has 1 N–H and O–H groups in total. The quantitative estimate of drug-likeness (QED) is 0.772. The van der Waals surface area contributed by atoms with E-state index in [-0.39, 0.29) is 5.60 Å². The van der Waals surface area contributed by atoms with Gasteiger partial charge in [-0.2, -0.15) is 0 Å². The fourth-order valence-corrected chi connectivity index (χ4v) is 3.12. The van der Waals surface area contributed by atoms with Gasteiger partial charge in [0.2, 0.25) is 0 Å². The molecule has 86 valence electrons. The second-order valence-corrected chi connectivity index (χ2v) is 5.50. The van der Waals surface area contributed by atoms with Gasteiger partial charge in [-0.05, 0) is 18.6 Å². The minimum Gasteiger partial charge on any atom is -0.369 e. The average Bonchev–Trinajstić information content (AvgIpc) is 2.65. The van der Waals surface area contributed by atoms with Gasteiger partial charge in [0.1, 0.15) is 0 Å². The number of hydrogen-bond acceptors (Lipinski definition) is 2. The summed E-state index contributed by atoms with van der Waals surface area (Å²) in [5.41, 5.74) is 2.25. The highest BCUT2D eigenvalue weighted by Crippen LogP contribution is 2.44. The molecule has 2 heterocycles. The largest absolute Gasteiger partial charge is 0.369 e. The molecule has 2 unspecified atom stereocenters. The fourth-order valence-electron chi connectivity index (χ4n) is 2.71. The van der Waals surface area contributed by atoms with Gasteiger partial charge in [0.15, 0.2) is 0 Å². The van der Waals surface area contributed by atoms with E-state index in [4.69, 9.17) is 27.9 Å². The predicted molar refractivity (Wildman–Crippen MR) is 65.3 cm³/mol. The van der Waals surface area contributed by atoms with Crippen LogP contribution in [0.1, 0.15) is 24.0 Å². The van der Waals surface area contributed by atoms with Crippen LogP contribution in [0.4, 0.5) is 0 Å². The summed E-state index contributed by atoms with van der Waals surface area (Å²) in [5, 5.41) is 4.63. The van der Waals surface area contributed by atoms with Crippen LogP contribution < -0.4 is 5.32 Å². The van der Waals surface area contributed by atoms with Crippen LogP contribution in [0.5, 0.6) is 0 Å². The number of ether oxygens (including phenoxy) is 1. The maximum absolute atomic E-state index is 6.21. The highest BCUT2D eigenvalue weighted by Gasteiger charge is 2.44. The highest BCUT2D eigenvalue weighted by atomic mass is 35.5. The molecule has 0 aromatic heterocycles. The number of nitrogens with one attached hydrogen (secondary N) is 1. The van der Waals surface area contributed by atoms with Crippen molar-refractivity contribution in [2.75, 3.05) is 13.1 Å². The normalized spacial score (nSPS) is 32.3. The Balaban J connectivity index is 2.14. The monoisotopic (exact) mass is 257 g/mol. The first-order valence-electron chi connectivity index (χ1n) is 5.43. The Hall–Kier alpha value is -0.280. The second-order valence-electron chi connectivity index (χ2n) is 4.71. The van der Waals surface area contributed by atoms with Crippen molar-refractivity contribution in [1.29, 1.82) is 0 Å². The number of fused-ring (bicyclic) bond motifs is 3. The van der Waals surface area contributed by atoms with Gasteiger partial charge < -0.3 is 10.1 Å². The molecule has 0 bridgehead atoms. The zero-order valence-electron chi connectivity index (χ0n) is 9.02. The van der Waals surface area contributed by atoms with Crippen LogP contribution in [0, 0.1) is 0 Å². The molecule has 3 rings (SSSR count). The Bertz CT molecular complexity index is 449. The molecule has 0 aliphatic carbocycles. The van der Waals surface area contributed by atoms with E-state index in [1.165, 1.54) is 5.56 Å². The van der Waals surface area contributed by atoms with Gasteiger partial charge in [0.25, 0.3) is 0 Å². The molecule has 16 heavy (non-hydrogen) atoms. The lowest BCUT2D eigenvalue weighted by Crippen LogP contribution is -2.39. The molecular formula is C12H13Cl2NO. The summed E-state index contributed by atoms with van der Waals surface area (Å²) in [5.74, 6) is 0.381. The number of rotatable bonds is 0. The third-order valence-electron chi connectivity index (χ3n) is 3.72. The van der Waals surface area contributed by atoms with E-state index in [1.807, 2.05) is 6.07 Å². The van der Waals surface area contributed by atoms with Crippen LogP contribution >= 0.6 is 23.2 Å². The predicted octanol–water partition coefficient (Wildman–Crippen LogP) is 2.97. The summed E-state index contributed by atoms with van der Waals surface area (Å²) in [6, 6.07) is 3.97. The molecule has 4 heteroatoms. The van der Waals surface area contributed by atoms with Gasteiger partial charge in [-0.25, -0.2) is 0 Å². The first-order valence-corrected chi connectivity index (χ1v) is 6.19. The molecule has 2 nitrogen and oxygen atoms in total. The standard InChI is InChI=1S/C12H13Cl2NO/c1-12-6-15-4-9(12)7-2-3-10(13)11(14)8(7)5-16-12/h2-3,9,15H,4-6H2,1H3. The topological polar surface area (TPSA) is 21.3 Å². The van der Waals surface area contributed by atoms with E-state index in [9.17, 15) is 0 Å². The molecule has 0 saturated carbocycles. The van der Waals surface area contributed by atoms with Crippen molar-refractivity contribution < 1.29 is 4.74 Å². The molecule has 0 amide bonds. The lowest BCUT2D eigenvalue weighted by atomic mass is 9.81. The van der Waals surface area contributed by atoms with Gasteiger partial charge in [-0.3, -0.25) is 0 Å². The molecule has 0 radical (unpaired) electrons. The Morgan fingerprint density at radius 2 is 2.25 bits per heavy atom. The smallest absolute Gasteiger partial charge is 0.0863 e. The summed E-state index contributed by atoms with van der Waals surface area (Å²) in [6.45, 7) is 4.56. The molecule has 2 aliphatic rings. The first-order chi connectivity index (χ1) is 7.62. The molecule has 1 fully saturated rings. The lowest BCUT2D eigenvalue weighted by Gasteiger charge is -2.37. The minimum atomic E-state index is -0.0931. The minimum absolute atomic E-state index is 0.0931. The molecule has 0 spiro atoms. The maximum atomic E-state index is 6.21. The summed E-state index contributed by atoms with van der Waals surface area (Å²) in [4.78, 5) is 0. The van der Waals surface area contributed by atoms with Crippen molar-refractivity contribution >= 4 is 23.2 Å². The molecule has 2 aliphatic heterocycles. The van der Waals surface area contributed by atoms with Crippen LogP contribution in [0.25, 0.3) is 0 Å². The van der Waals surface area contributed by atoms with Crippen molar-refractivity contribution in [3.05, 3.63) is 33.3 Å². The van der Waals surface area contributed by atoms with Crippen LogP contribution in [0.15, 0.2) is 12.1 Å². The van der Waals surface area contributed by atoms with Crippen LogP contribution in [-0.2, 0) is 11.3 Å². The Morgan fingerprint density at radius 1 is 1.44 bits per heavy atom. The summed E-state index contributed by atoms with van der Waals surface area (Å²) >= 11 is 12.2. The van der Waals surface area contributed by atoms with E-state index in [1.54, 1.807) is 0 Å². The van der Waals surface area contributed by atoms with Crippen molar-refractivity contribution in [1.82, 2.24) is 5.32 Å². The van der Waals surface area contributed by atoms with Crippen LogP contribution in [0.2, 0.25) is 10.0 Å². The zero-order chi connectivity index (χ0) is 11.3. The number of benzene rings is 1. The van der Waals surface area contributed by atoms with Crippen LogP contribution in [0.3, 0.4) is 0 Å². The van der Waals surface area contributed by atoms with Gasteiger partial charge >= 0.3 is 0 Å². The van der Waals surface area contributed by atoms with Crippen molar-refractivity contribution in [2.24, 2.45) is 0 Å². The number of halogens is 2. The van der Waals surface area contributed by atoms with Gasteiger partial charge in [0, 0.05) is 24.6 Å². The summed E-state index contributed by atoms with van der Waals surface area (Å²) in [6.07, 6.45) is 0. The molecule has 1 aromatic rings. The average molecular weight is 258 g/mol. The number of hydrogen-bond donors (Lipinski definition) is 1. The van der Waals surface area contributed by atoms with E-state index >= 15 is 0 Å². The van der Waals surface area contributed by atoms with Gasteiger partial charge in [-0.1, -0.05) is 29.3 Å². The van der Waals surface area contributed by atoms with Crippen molar-refractivity contribution in [2.45, 2.75) is 25.0 Å². The summed E-state index contributed by atoms with van der Waals surface area (Å²) in [7, 11) is 0. The molecule has 1 aromatic carbocycles. The Kier molecular flexibility index (Phi) is 2.44. The third kappa shape index (κ3) is 1.41. The second kappa shape index (κ2) is 3.61. The van der Waals surface area contributed by atoms with E-state index in [0.29, 0.717) is 22.6 Å². The van der Waals surface area contributed by atoms with Crippen LogP contribution in [-0.4, -0.2) is 18.7 Å². The van der Waals surface area contributed by atoms with Gasteiger partial charge in [0.05, 0.1) is 22.3 Å². The van der Waals surface area contributed by atoms with Gasteiger partial charge in [-0.15, -0.1) is 0 Å². The molecule has 2 atom stereocenters. The maximum Gasteiger partial charge on any atom is 0.0863 e. The Labute approximate surface area is 105 Å².